The van der Waals surface area contributed by atoms with Crippen molar-refractivity contribution in [2.24, 2.45) is 0 Å². The molecule has 25 heavy (non-hydrogen) atoms. The van der Waals surface area contributed by atoms with Crippen molar-refractivity contribution in [1.29, 1.82) is 0 Å². The molecule has 0 aliphatic carbocycles. The van der Waals surface area contributed by atoms with E-state index in [1.165, 1.54) is 18.3 Å². The predicted octanol–water partition coefficient (Wildman–Crippen LogP) is 2.19. The lowest BCUT2D eigenvalue weighted by molar-refractivity contribution is -0.137. The number of hydrogen-bond acceptors (Lipinski definition) is 4. The molecular formula is C15H17ClF3N5O. The van der Waals surface area contributed by atoms with Crippen molar-refractivity contribution in [2.45, 2.75) is 25.1 Å². The second-order valence-electron chi connectivity index (χ2n) is 5.60. The van der Waals surface area contributed by atoms with Gasteiger partial charge in [-0.15, -0.1) is 17.5 Å². The normalized spacial score (nSPS) is 17.2. The molecule has 1 aromatic carbocycles. The lowest BCUT2D eigenvalue weighted by Crippen LogP contribution is -2.37. The number of carbonyl (C=O) groups is 1. The van der Waals surface area contributed by atoms with Gasteiger partial charge in [0.1, 0.15) is 0 Å². The zero-order chi connectivity index (χ0) is 17.2. The molecule has 0 radical (unpaired) electrons. The topological polar surface area (TPSA) is 71.8 Å². The van der Waals surface area contributed by atoms with E-state index in [2.05, 4.69) is 20.9 Å². The van der Waals surface area contributed by atoms with Gasteiger partial charge in [0, 0.05) is 12.6 Å². The summed E-state index contributed by atoms with van der Waals surface area (Å²) in [5.74, 6) is -0.401. The standard InChI is InChI=1S/C15H16F3N5O.ClH/c16-15(17,18)10-3-1-5-12(7-10)23-9-13(21-22-23)14(24)20-8-11-4-2-6-19-11;/h1,3,5,7,9,11,19H,2,4,6,8H2,(H,20,24);1H. The summed E-state index contributed by atoms with van der Waals surface area (Å²) >= 11 is 0. The van der Waals surface area contributed by atoms with Crippen molar-refractivity contribution < 1.29 is 18.0 Å². The van der Waals surface area contributed by atoms with Crippen molar-refractivity contribution in [3.63, 3.8) is 0 Å². The average molecular weight is 376 g/mol. The largest absolute Gasteiger partial charge is 0.416 e. The molecule has 0 spiro atoms. The molecule has 136 valence electrons. The third-order valence-corrected chi connectivity index (χ3v) is 3.84. The molecule has 10 heteroatoms. The van der Waals surface area contributed by atoms with E-state index in [4.69, 9.17) is 0 Å². The van der Waals surface area contributed by atoms with Crippen LogP contribution in [0.1, 0.15) is 28.9 Å². The van der Waals surface area contributed by atoms with Gasteiger partial charge >= 0.3 is 6.18 Å². The van der Waals surface area contributed by atoms with E-state index < -0.39 is 17.6 Å². The number of rotatable bonds is 4. The van der Waals surface area contributed by atoms with Crippen molar-refractivity contribution in [3.8, 4) is 5.69 Å². The SMILES string of the molecule is Cl.O=C(NCC1CCCN1)c1cn(-c2cccc(C(F)(F)F)c2)nn1. The van der Waals surface area contributed by atoms with Crippen LogP contribution in [0.25, 0.3) is 5.69 Å². The Kier molecular flexibility index (Phi) is 6.02. The molecule has 1 aromatic heterocycles. The van der Waals surface area contributed by atoms with E-state index in [0.29, 0.717) is 6.54 Å². The first kappa shape index (κ1) is 19.2. The van der Waals surface area contributed by atoms with E-state index in [-0.39, 0.29) is 29.8 Å². The maximum Gasteiger partial charge on any atom is 0.416 e. The first-order valence-corrected chi connectivity index (χ1v) is 7.55. The summed E-state index contributed by atoms with van der Waals surface area (Å²) in [6, 6.07) is 4.92. The molecule has 1 unspecified atom stereocenters. The second kappa shape index (κ2) is 7.83. The molecule has 2 aromatic rings. The van der Waals surface area contributed by atoms with Crippen molar-refractivity contribution in [1.82, 2.24) is 25.6 Å². The molecule has 2 heterocycles. The van der Waals surface area contributed by atoms with Crippen LogP contribution in [0.2, 0.25) is 0 Å². The monoisotopic (exact) mass is 375 g/mol. The van der Waals surface area contributed by atoms with Gasteiger partial charge in [-0.25, -0.2) is 4.68 Å². The number of alkyl halides is 3. The average Bonchev–Trinajstić information content (AvgIpc) is 3.23. The van der Waals surface area contributed by atoms with Gasteiger partial charge in [-0.2, -0.15) is 13.2 Å². The number of amides is 1. The summed E-state index contributed by atoms with van der Waals surface area (Å²) < 4.78 is 39.4. The van der Waals surface area contributed by atoms with Gasteiger partial charge in [-0.3, -0.25) is 4.79 Å². The molecule has 1 saturated heterocycles. The molecule has 1 amide bonds. The smallest absolute Gasteiger partial charge is 0.349 e. The minimum Gasteiger partial charge on any atom is -0.349 e. The van der Waals surface area contributed by atoms with Crippen LogP contribution in [-0.2, 0) is 6.18 Å². The number of halogens is 4. The Bertz CT molecular complexity index is 728. The third-order valence-electron chi connectivity index (χ3n) is 3.84. The molecule has 1 atom stereocenters. The molecule has 0 bridgehead atoms. The first-order valence-electron chi connectivity index (χ1n) is 7.55. The van der Waals surface area contributed by atoms with E-state index >= 15 is 0 Å². The van der Waals surface area contributed by atoms with Gasteiger partial charge in [0.25, 0.3) is 5.91 Å². The number of benzene rings is 1. The lowest BCUT2D eigenvalue weighted by atomic mass is 10.2. The fourth-order valence-corrected chi connectivity index (χ4v) is 2.56. The summed E-state index contributed by atoms with van der Waals surface area (Å²) in [4.78, 5) is 12.0. The Morgan fingerprint density at radius 1 is 1.40 bits per heavy atom. The van der Waals surface area contributed by atoms with E-state index in [1.54, 1.807) is 0 Å². The minimum absolute atomic E-state index is 0. The molecule has 2 N–H and O–H groups in total. The Morgan fingerprint density at radius 2 is 2.20 bits per heavy atom. The predicted molar refractivity (Wildman–Crippen MR) is 87.0 cm³/mol. The minimum atomic E-state index is -4.44. The summed E-state index contributed by atoms with van der Waals surface area (Å²) in [5, 5.41) is 13.5. The molecule has 1 fully saturated rings. The van der Waals surface area contributed by atoms with Crippen LogP contribution in [-0.4, -0.2) is 40.0 Å². The van der Waals surface area contributed by atoms with Crippen LogP contribution in [0.15, 0.2) is 30.5 Å². The number of nitrogens with zero attached hydrogens (tertiary/aromatic N) is 3. The van der Waals surface area contributed by atoms with E-state index in [9.17, 15) is 18.0 Å². The van der Waals surface area contributed by atoms with Crippen LogP contribution in [0, 0.1) is 0 Å². The zero-order valence-corrected chi connectivity index (χ0v) is 13.9. The Morgan fingerprint density at radius 3 is 2.88 bits per heavy atom. The fraction of sp³-hybridized carbons (Fsp3) is 0.400. The molecule has 1 aliphatic heterocycles. The van der Waals surface area contributed by atoms with Crippen LogP contribution >= 0.6 is 12.4 Å². The number of nitrogens with one attached hydrogen (secondary N) is 2. The number of carbonyl (C=O) groups excluding carboxylic acids is 1. The van der Waals surface area contributed by atoms with E-state index in [0.717, 1.165) is 36.2 Å². The molecule has 1 aliphatic rings. The zero-order valence-electron chi connectivity index (χ0n) is 13.1. The Balaban J connectivity index is 0.00000225. The number of hydrogen-bond donors (Lipinski definition) is 2. The quantitative estimate of drug-likeness (QED) is 0.859. The molecule has 0 saturated carbocycles. The number of aromatic nitrogens is 3. The highest BCUT2D eigenvalue weighted by molar-refractivity contribution is 5.91. The molecule has 6 nitrogen and oxygen atoms in total. The summed E-state index contributed by atoms with van der Waals surface area (Å²) in [6.45, 7) is 1.42. The van der Waals surface area contributed by atoms with Crippen LogP contribution < -0.4 is 10.6 Å². The summed E-state index contributed by atoms with van der Waals surface area (Å²) in [5.41, 5.74) is -0.534. The maximum absolute atomic E-state index is 12.7. The van der Waals surface area contributed by atoms with Crippen LogP contribution in [0.4, 0.5) is 13.2 Å². The second-order valence-corrected chi connectivity index (χ2v) is 5.60. The lowest BCUT2D eigenvalue weighted by Gasteiger charge is -2.10. The molecular weight excluding hydrogens is 359 g/mol. The van der Waals surface area contributed by atoms with Gasteiger partial charge in [0.15, 0.2) is 5.69 Å². The summed E-state index contributed by atoms with van der Waals surface area (Å²) in [7, 11) is 0. The maximum atomic E-state index is 12.7. The van der Waals surface area contributed by atoms with Crippen molar-refractivity contribution >= 4 is 18.3 Å². The molecule has 3 rings (SSSR count). The Hall–Kier alpha value is -2.13. The fourth-order valence-electron chi connectivity index (χ4n) is 2.56. The van der Waals surface area contributed by atoms with Gasteiger partial charge in [-0.05, 0) is 37.6 Å². The highest BCUT2D eigenvalue weighted by atomic mass is 35.5. The highest BCUT2D eigenvalue weighted by Gasteiger charge is 2.30. The van der Waals surface area contributed by atoms with Gasteiger partial charge in [-0.1, -0.05) is 11.3 Å². The van der Waals surface area contributed by atoms with Gasteiger partial charge in [0.05, 0.1) is 17.4 Å². The van der Waals surface area contributed by atoms with Crippen molar-refractivity contribution in [3.05, 3.63) is 41.7 Å². The van der Waals surface area contributed by atoms with E-state index in [1.807, 2.05) is 0 Å². The van der Waals surface area contributed by atoms with Crippen molar-refractivity contribution in [2.75, 3.05) is 13.1 Å². The van der Waals surface area contributed by atoms with Crippen LogP contribution in [0.5, 0.6) is 0 Å². The Labute approximate surface area is 148 Å². The van der Waals surface area contributed by atoms with Gasteiger partial charge < -0.3 is 10.6 Å². The highest BCUT2D eigenvalue weighted by Crippen LogP contribution is 2.30. The van der Waals surface area contributed by atoms with Gasteiger partial charge in [0.2, 0.25) is 0 Å². The third kappa shape index (κ3) is 4.70. The van der Waals surface area contributed by atoms with Crippen LogP contribution in [0.3, 0.4) is 0 Å². The summed E-state index contributed by atoms with van der Waals surface area (Å²) in [6.07, 6.45) is -1.05. The first-order chi connectivity index (χ1) is 11.4.